The van der Waals surface area contributed by atoms with Crippen LogP contribution in [-0.4, -0.2) is 18.4 Å². The minimum Gasteiger partial charge on any atom is -0.429 e. The predicted molar refractivity (Wildman–Crippen MR) is 64.1 cm³/mol. The highest BCUT2D eigenvalue weighted by molar-refractivity contribution is 5.93. The molecule has 0 radical (unpaired) electrons. The Bertz CT molecular complexity index is 484. The van der Waals surface area contributed by atoms with E-state index in [4.69, 9.17) is 14.5 Å². The molecule has 0 aromatic rings. The number of ether oxygens (including phenoxy) is 1. The first-order valence-electron chi connectivity index (χ1n) is 6.04. The number of hydrogen-bond acceptors (Lipinski definition) is 4. The minimum absolute atomic E-state index is 0.0350. The van der Waals surface area contributed by atoms with Crippen molar-refractivity contribution < 1.29 is 19.3 Å². The van der Waals surface area contributed by atoms with Crippen molar-refractivity contribution in [1.82, 2.24) is 0 Å². The average Bonchev–Trinajstić information content (AvgIpc) is 2.95. The predicted octanol–water partition coefficient (Wildman–Crippen LogP) is 2.20. The second-order valence-corrected chi connectivity index (χ2v) is 4.61. The van der Waals surface area contributed by atoms with E-state index in [1.54, 1.807) is 0 Å². The normalized spacial score (nSPS) is 33.1. The molecule has 1 saturated heterocycles. The van der Waals surface area contributed by atoms with Crippen molar-refractivity contribution in [3.63, 3.8) is 0 Å². The monoisotopic (exact) mass is 246 g/mol. The van der Waals surface area contributed by atoms with Gasteiger partial charge in [-0.05, 0) is 18.6 Å². The van der Waals surface area contributed by atoms with Crippen LogP contribution in [0.3, 0.4) is 0 Å². The highest BCUT2D eigenvalue weighted by Crippen LogP contribution is 2.30. The zero-order valence-electron chi connectivity index (χ0n) is 10.0. The number of rotatable bonds is 2. The molecule has 4 nitrogen and oxygen atoms in total. The van der Waals surface area contributed by atoms with E-state index in [2.05, 4.69) is 0 Å². The van der Waals surface area contributed by atoms with Gasteiger partial charge in [-0.2, -0.15) is 4.89 Å². The van der Waals surface area contributed by atoms with Gasteiger partial charge in [-0.25, -0.2) is 9.68 Å². The fourth-order valence-corrected chi connectivity index (χ4v) is 2.18. The minimum atomic E-state index is -0.597. The van der Waals surface area contributed by atoms with Crippen LogP contribution in [0.15, 0.2) is 47.6 Å². The molecule has 94 valence electrons. The first kappa shape index (κ1) is 11.4. The standard InChI is InChI=1S/C14H14O4/c1-9-6-13(18-17-9)16-14(15)12-7-10-4-2-3-5-11(10)8-12/h2-5,7-10,13H,6H2,1H3. The van der Waals surface area contributed by atoms with Gasteiger partial charge < -0.3 is 4.74 Å². The zero-order valence-corrected chi connectivity index (χ0v) is 10.0. The first-order chi connectivity index (χ1) is 8.72. The summed E-state index contributed by atoms with van der Waals surface area (Å²) in [7, 11) is 0. The van der Waals surface area contributed by atoms with Crippen LogP contribution in [-0.2, 0) is 19.3 Å². The van der Waals surface area contributed by atoms with Gasteiger partial charge in [0.25, 0.3) is 0 Å². The summed E-state index contributed by atoms with van der Waals surface area (Å²) in [5.74, 6) is -0.168. The second-order valence-electron chi connectivity index (χ2n) is 4.61. The quantitative estimate of drug-likeness (QED) is 0.553. The average molecular weight is 246 g/mol. The van der Waals surface area contributed by atoms with Crippen LogP contribution in [0.1, 0.15) is 13.3 Å². The Hall–Kier alpha value is -1.65. The van der Waals surface area contributed by atoms with E-state index in [0.717, 1.165) is 5.57 Å². The van der Waals surface area contributed by atoms with Gasteiger partial charge in [0.05, 0.1) is 11.7 Å². The Balaban J connectivity index is 1.65. The summed E-state index contributed by atoms with van der Waals surface area (Å²) in [5.41, 5.74) is 1.69. The van der Waals surface area contributed by atoms with Gasteiger partial charge >= 0.3 is 5.97 Å². The molecule has 18 heavy (non-hydrogen) atoms. The van der Waals surface area contributed by atoms with E-state index in [-0.39, 0.29) is 18.0 Å². The maximum atomic E-state index is 11.9. The molecule has 1 aliphatic heterocycles. The van der Waals surface area contributed by atoms with Crippen molar-refractivity contribution in [1.29, 1.82) is 0 Å². The first-order valence-corrected chi connectivity index (χ1v) is 6.04. The Labute approximate surface area is 105 Å². The Kier molecular flexibility index (Phi) is 2.89. The van der Waals surface area contributed by atoms with Crippen LogP contribution in [0.2, 0.25) is 0 Å². The molecular weight excluding hydrogens is 232 g/mol. The lowest BCUT2D eigenvalue weighted by molar-refractivity contribution is -0.332. The Morgan fingerprint density at radius 1 is 1.39 bits per heavy atom. The fourth-order valence-electron chi connectivity index (χ4n) is 2.18. The maximum absolute atomic E-state index is 11.9. The van der Waals surface area contributed by atoms with Crippen LogP contribution in [0, 0.1) is 5.92 Å². The summed E-state index contributed by atoms with van der Waals surface area (Å²) in [6, 6.07) is 0. The van der Waals surface area contributed by atoms with Gasteiger partial charge in [-0.1, -0.05) is 30.4 Å². The molecule has 3 rings (SSSR count). The van der Waals surface area contributed by atoms with Crippen LogP contribution in [0.25, 0.3) is 0 Å². The van der Waals surface area contributed by atoms with E-state index in [0.29, 0.717) is 12.0 Å². The second kappa shape index (κ2) is 4.55. The molecule has 0 aromatic carbocycles. The van der Waals surface area contributed by atoms with E-state index in [9.17, 15) is 4.79 Å². The molecule has 3 unspecified atom stereocenters. The van der Waals surface area contributed by atoms with Gasteiger partial charge in [0.2, 0.25) is 6.29 Å². The Morgan fingerprint density at radius 3 is 3.00 bits per heavy atom. The summed E-state index contributed by atoms with van der Waals surface area (Å²) in [4.78, 5) is 21.7. The van der Waals surface area contributed by atoms with E-state index < -0.39 is 6.29 Å². The van der Waals surface area contributed by atoms with Crippen LogP contribution in [0.4, 0.5) is 0 Å². The molecule has 3 atom stereocenters. The number of esters is 1. The summed E-state index contributed by atoms with van der Waals surface area (Å²) in [6.07, 6.45) is 11.7. The highest BCUT2D eigenvalue weighted by Gasteiger charge is 2.29. The van der Waals surface area contributed by atoms with Gasteiger partial charge in [0.1, 0.15) is 0 Å². The van der Waals surface area contributed by atoms with Crippen molar-refractivity contribution in [2.45, 2.75) is 25.7 Å². The summed E-state index contributed by atoms with van der Waals surface area (Å²) < 4.78 is 5.22. The molecular formula is C14H14O4. The molecule has 2 aliphatic carbocycles. The molecule has 0 aromatic heterocycles. The maximum Gasteiger partial charge on any atom is 0.340 e. The number of carbonyl (C=O) groups is 1. The molecule has 1 heterocycles. The summed E-state index contributed by atoms with van der Waals surface area (Å²) in [5, 5.41) is 0. The fraction of sp³-hybridized carbons (Fsp3) is 0.357. The number of allylic oxidation sites excluding steroid dienone is 6. The van der Waals surface area contributed by atoms with Gasteiger partial charge in [-0.3, -0.25) is 0 Å². The van der Waals surface area contributed by atoms with Crippen molar-refractivity contribution in [3.8, 4) is 0 Å². The van der Waals surface area contributed by atoms with Crippen LogP contribution < -0.4 is 0 Å². The smallest absolute Gasteiger partial charge is 0.340 e. The summed E-state index contributed by atoms with van der Waals surface area (Å²) >= 11 is 0. The topological polar surface area (TPSA) is 44.8 Å². The van der Waals surface area contributed by atoms with Crippen molar-refractivity contribution in [3.05, 3.63) is 47.6 Å². The molecule has 0 N–H and O–H groups in total. The van der Waals surface area contributed by atoms with Crippen LogP contribution >= 0.6 is 0 Å². The largest absolute Gasteiger partial charge is 0.429 e. The third-order valence-electron chi connectivity index (χ3n) is 3.11. The Morgan fingerprint density at radius 2 is 2.28 bits per heavy atom. The number of hydrogen-bond donors (Lipinski definition) is 0. The number of carbonyl (C=O) groups excluding carboxylic acids is 1. The molecule has 0 saturated carbocycles. The van der Waals surface area contributed by atoms with Crippen LogP contribution in [0.5, 0.6) is 0 Å². The van der Waals surface area contributed by atoms with Crippen molar-refractivity contribution in [2.24, 2.45) is 5.92 Å². The lowest BCUT2D eigenvalue weighted by Crippen LogP contribution is -2.17. The van der Waals surface area contributed by atoms with Gasteiger partial charge in [-0.15, -0.1) is 0 Å². The molecule has 0 bridgehead atoms. The van der Waals surface area contributed by atoms with Crippen molar-refractivity contribution in [2.75, 3.05) is 0 Å². The SMILES string of the molecule is CC1CC(OC(=O)C2=CC3C=CC=CC3=C2)OO1. The van der Waals surface area contributed by atoms with Gasteiger partial charge in [0.15, 0.2) is 0 Å². The molecule has 0 amide bonds. The highest BCUT2D eigenvalue weighted by atomic mass is 17.2. The molecule has 4 heteroatoms. The number of fused-ring (bicyclic) bond motifs is 1. The van der Waals surface area contributed by atoms with Crippen molar-refractivity contribution >= 4 is 5.97 Å². The van der Waals surface area contributed by atoms with E-state index in [1.165, 1.54) is 0 Å². The molecule has 3 aliphatic rings. The summed E-state index contributed by atoms with van der Waals surface area (Å²) in [6.45, 7) is 1.87. The zero-order chi connectivity index (χ0) is 12.5. The third kappa shape index (κ3) is 2.17. The van der Waals surface area contributed by atoms with Gasteiger partial charge in [0, 0.05) is 12.3 Å². The van der Waals surface area contributed by atoms with E-state index in [1.807, 2.05) is 43.4 Å². The molecule has 1 fully saturated rings. The third-order valence-corrected chi connectivity index (χ3v) is 3.11. The lowest BCUT2D eigenvalue weighted by atomic mass is 9.98. The van der Waals surface area contributed by atoms with E-state index >= 15 is 0 Å². The lowest BCUT2D eigenvalue weighted by Gasteiger charge is -2.08. The molecule has 0 spiro atoms.